The van der Waals surface area contributed by atoms with Crippen LogP contribution in [-0.2, 0) is 14.8 Å². The number of sulfonamides is 1. The van der Waals surface area contributed by atoms with Crippen molar-refractivity contribution in [3.05, 3.63) is 60.2 Å². The van der Waals surface area contributed by atoms with Gasteiger partial charge in [-0.3, -0.25) is 14.1 Å². The molecule has 0 radical (unpaired) electrons. The Balaban J connectivity index is 1.81. The summed E-state index contributed by atoms with van der Waals surface area (Å²) in [5.41, 5.74) is 1.89. The highest BCUT2D eigenvalue weighted by Gasteiger charge is 2.28. The summed E-state index contributed by atoms with van der Waals surface area (Å²) >= 11 is 0. The number of nitrogens with one attached hydrogen (secondary N) is 1. The Kier molecular flexibility index (Phi) is 6.69. The second-order valence-electron chi connectivity index (χ2n) is 7.54. The first-order valence-corrected chi connectivity index (χ1v) is 11.6. The maximum absolute atomic E-state index is 12.8. The molecule has 1 unspecified atom stereocenters. The van der Waals surface area contributed by atoms with Gasteiger partial charge in [-0.1, -0.05) is 37.2 Å². The average Bonchev–Trinajstić information content (AvgIpc) is 3.20. The van der Waals surface area contributed by atoms with Crippen molar-refractivity contribution in [3.63, 3.8) is 0 Å². The standard InChI is InChI=1S/C21H25N5O4S/c1-14(2)19(21-24-20(25-30-21)16-9-7-11-22-12-16)23-18(27)13-26(31(4,28)29)17-10-6-5-8-15(17)3/h5-12,14,19H,13H2,1-4H3,(H,23,27). The Morgan fingerprint density at radius 2 is 1.94 bits per heavy atom. The molecule has 0 aliphatic rings. The molecule has 3 aromatic rings. The van der Waals surface area contributed by atoms with E-state index >= 15 is 0 Å². The first-order chi connectivity index (χ1) is 14.7. The summed E-state index contributed by atoms with van der Waals surface area (Å²) in [5, 5.41) is 6.81. The van der Waals surface area contributed by atoms with Gasteiger partial charge in [0.25, 0.3) is 0 Å². The number of hydrogen-bond donors (Lipinski definition) is 1. The van der Waals surface area contributed by atoms with Gasteiger partial charge in [-0.15, -0.1) is 0 Å². The normalized spacial score (nSPS) is 12.5. The molecule has 0 bridgehead atoms. The molecule has 0 fully saturated rings. The van der Waals surface area contributed by atoms with Gasteiger partial charge < -0.3 is 9.84 Å². The zero-order valence-electron chi connectivity index (χ0n) is 17.8. The number of aromatic nitrogens is 3. The molecule has 0 saturated carbocycles. The summed E-state index contributed by atoms with van der Waals surface area (Å²) in [6.07, 6.45) is 4.33. The smallest absolute Gasteiger partial charge is 0.249 e. The number of benzene rings is 1. The molecular weight excluding hydrogens is 418 g/mol. The number of anilines is 1. The molecule has 0 aliphatic heterocycles. The summed E-state index contributed by atoms with van der Waals surface area (Å²) in [6, 6.07) is 9.98. The van der Waals surface area contributed by atoms with E-state index in [-0.39, 0.29) is 18.4 Å². The SMILES string of the molecule is Cc1ccccc1N(CC(=O)NC(c1nc(-c2cccnc2)no1)C(C)C)S(C)(=O)=O. The number of para-hydroxylation sites is 1. The second kappa shape index (κ2) is 9.25. The van der Waals surface area contributed by atoms with Crippen LogP contribution in [0.2, 0.25) is 0 Å². The molecule has 0 saturated heterocycles. The Morgan fingerprint density at radius 3 is 2.55 bits per heavy atom. The number of pyridine rings is 1. The van der Waals surface area contributed by atoms with E-state index in [1.807, 2.05) is 19.9 Å². The van der Waals surface area contributed by atoms with E-state index in [1.54, 1.807) is 49.6 Å². The minimum absolute atomic E-state index is 0.0729. The molecule has 9 nitrogen and oxygen atoms in total. The van der Waals surface area contributed by atoms with Crippen LogP contribution in [0.3, 0.4) is 0 Å². The first kappa shape index (κ1) is 22.4. The predicted molar refractivity (Wildman–Crippen MR) is 117 cm³/mol. The Morgan fingerprint density at radius 1 is 1.19 bits per heavy atom. The van der Waals surface area contributed by atoms with Gasteiger partial charge in [-0.2, -0.15) is 4.98 Å². The van der Waals surface area contributed by atoms with Gasteiger partial charge in [0.05, 0.1) is 11.9 Å². The number of rotatable bonds is 8. The van der Waals surface area contributed by atoms with Crippen molar-refractivity contribution in [3.8, 4) is 11.4 Å². The van der Waals surface area contributed by atoms with Crippen molar-refractivity contribution < 1.29 is 17.7 Å². The van der Waals surface area contributed by atoms with Crippen LogP contribution in [0.4, 0.5) is 5.69 Å². The molecule has 1 amide bonds. The molecule has 1 atom stereocenters. The van der Waals surface area contributed by atoms with E-state index in [9.17, 15) is 13.2 Å². The van der Waals surface area contributed by atoms with Gasteiger partial charge in [-0.25, -0.2) is 8.42 Å². The van der Waals surface area contributed by atoms with Crippen molar-refractivity contribution in [1.29, 1.82) is 0 Å². The van der Waals surface area contributed by atoms with Gasteiger partial charge >= 0.3 is 0 Å². The summed E-state index contributed by atoms with van der Waals surface area (Å²) in [6.45, 7) is 5.22. The fourth-order valence-corrected chi connectivity index (χ4v) is 3.98. The lowest BCUT2D eigenvalue weighted by molar-refractivity contribution is -0.120. The molecule has 1 aromatic carbocycles. The van der Waals surface area contributed by atoms with Crippen LogP contribution >= 0.6 is 0 Å². The van der Waals surface area contributed by atoms with Crippen LogP contribution < -0.4 is 9.62 Å². The van der Waals surface area contributed by atoms with E-state index in [4.69, 9.17) is 4.52 Å². The Labute approximate surface area is 181 Å². The van der Waals surface area contributed by atoms with E-state index < -0.39 is 22.0 Å². The average molecular weight is 444 g/mol. The molecule has 0 spiro atoms. The van der Waals surface area contributed by atoms with Crippen molar-refractivity contribution in [2.24, 2.45) is 5.92 Å². The van der Waals surface area contributed by atoms with Gasteiger partial charge in [0.2, 0.25) is 27.6 Å². The maximum Gasteiger partial charge on any atom is 0.249 e. The second-order valence-corrected chi connectivity index (χ2v) is 9.45. The highest BCUT2D eigenvalue weighted by Crippen LogP contribution is 2.25. The molecule has 164 valence electrons. The fraction of sp³-hybridized carbons (Fsp3) is 0.333. The monoisotopic (exact) mass is 443 g/mol. The zero-order chi connectivity index (χ0) is 22.6. The summed E-state index contributed by atoms with van der Waals surface area (Å²) < 4.78 is 31.2. The van der Waals surface area contributed by atoms with E-state index in [0.717, 1.165) is 16.1 Å². The third-order valence-electron chi connectivity index (χ3n) is 4.68. The maximum atomic E-state index is 12.8. The Bertz CT molecular complexity index is 1150. The number of amides is 1. The van der Waals surface area contributed by atoms with Crippen molar-refractivity contribution >= 4 is 21.6 Å². The molecule has 2 aromatic heterocycles. The predicted octanol–water partition coefficient (Wildman–Crippen LogP) is 2.72. The van der Waals surface area contributed by atoms with Crippen LogP contribution in [0.5, 0.6) is 0 Å². The quantitative estimate of drug-likeness (QED) is 0.568. The number of carbonyl (C=O) groups excluding carboxylic acids is 1. The molecule has 1 N–H and O–H groups in total. The van der Waals surface area contributed by atoms with Crippen molar-refractivity contribution in [2.75, 3.05) is 17.1 Å². The van der Waals surface area contributed by atoms with Crippen LogP contribution in [0.1, 0.15) is 31.3 Å². The zero-order valence-corrected chi connectivity index (χ0v) is 18.6. The molecule has 10 heteroatoms. The summed E-state index contributed by atoms with van der Waals surface area (Å²) in [4.78, 5) is 21.3. The minimum atomic E-state index is -3.67. The van der Waals surface area contributed by atoms with Gasteiger partial charge in [0.15, 0.2) is 0 Å². The van der Waals surface area contributed by atoms with Crippen LogP contribution in [0.25, 0.3) is 11.4 Å². The lowest BCUT2D eigenvalue weighted by atomic mass is 10.0. The van der Waals surface area contributed by atoms with E-state index in [0.29, 0.717) is 17.1 Å². The first-order valence-electron chi connectivity index (χ1n) is 9.73. The van der Waals surface area contributed by atoms with Crippen molar-refractivity contribution in [2.45, 2.75) is 26.8 Å². The van der Waals surface area contributed by atoms with Gasteiger partial charge in [0, 0.05) is 18.0 Å². The van der Waals surface area contributed by atoms with Crippen LogP contribution in [0.15, 0.2) is 53.3 Å². The highest BCUT2D eigenvalue weighted by molar-refractivity contribution is 7.92. The third kappa shape index (κ3) is 5.46. The fourth-order valence-electron chi connectivity index (χ4n) is 3.06. The highest BCUT2D eigenvalue weighted by atomic mass is 32.2. The molecular formula is C21H25N5O4S. The lowest BCUT2D eigenvalue weighted by Crippen LogP contribution is -2.42. The van der Waals surface area contributed by atoms with E-state index in [2.05, 4.69) is 20.4 Å². The Hall–Kier alpha value is -3.27. The molecule has 3 rings (SSSR count). The topological polar surface area (TPSA) is 118 Å². The van der Waals surface area contributed by atoms with Crippen molar-refractivity contribution in [1.82, 2.24) is 20.4 Å². The number of nitrogens with zero attached hydrogens (tertiary/aromatic N) is 4. The molecule has 2 heterocycles. The van der Waals surface area contributed by atoms with Gasteiger partial charge in [-0.05, 0) is 36.6 Å². The third-order valence-corrected chi connectivity index (χ3v) is 5.81. The largest absolute Gasteiger partial charge is 0.342 e. The van der Waals surface area contributed by atoms with E-state index in [1.165, 1.54) is 0 Å². The minimum Gasteiger partial charge on any atom is -0.342 e. The number of hydrogen-bond acceptors (Lipinski definition) is 7. The van der Waals surface area contributed by atoms with Gasteiger partial charge in [0.1, 0.15) is 12.6 Å². The summed E-state index contributed by atoms with van der Waals surface area (Å²) in [7, 11) is -3.67. The lowest BCUT2D eigenvalue weighted by Gasteiger charge is -2.25. The number of carbonyl (C=O) groups is 1. The molecule has 31 heavy (non-hydrogen) atoms. The van der Waals surface area contributed by atoms with Crippen LogP contribution in [0, 0.1) is 12.8 Å². The number of aryl methyl sites for hydroxylation is 1. The summed E-state index contributed by atoms with van der Waals surface area (Å²) in [5.74, 6) is 0.0504. The van der Waals surface area contributed by atoms with Crippen LogP contribution in [-0.4, -0.2) is 42.3 Å². The molecule has 0 aliphatic carbocycles.